The normalized spacial score (nSPS) is 11.6. The molecule has 198 valence electrons. The van der Waals surface area contributed by atoms with Crippen LogP contribution in [0.1, 0.15) is 24.5 Å². The van der Waals surface area contributed by atoms with E-state index in [1.165, 1.54) is 12.1 Å². The number of carbonyl (C=O) groups excluding carboxylic acids is 1. The maximum Gasteiger partial charge on any atom is 0.269 e. The molecule has 0 aliphatic carbocycles. The minimum Gasteiger partial charge on any atom is -0.361 e. The highest BCUT2D eigenvalue weighted by Gasteiger charge is 2.28. The van der Waals surface area contributed by atoms with Crippen molar-refractivity contribution in [2.24, 2.45) is 0 Å². The lowest BCUT2D eigenvalue weighted by molar-refractivity contribution is -0.384. The fraction of sp³-hybridized carbons (Fsp3) is 0.250. The predicted molar refractivity (Wildman–Crippen MR) is 146 cm³/mol. The molecule has 1 N–H and O–H groups in total. The van der Waals surface area contributed by atoms with Gasteiger partial charge in [0.05, 0.1) is 16.4 Å². The molecule has 1 aromatic heterocycles. The number of nitro benzene ring substituents is 1. The summed E-state index contributed by atoms with van der Waals surface area (Å²) >= 11 is 0. The average molecular weight is 535 g/mol. The Morgan fingerprint density at radius 2 is 1.63 bits per heavy atom. The van der Waals surface area contributed by atoms with Crippen LogP contribution in [0.2, 0.25) is 0 Å². The van der Waals surface area contributed by atoms with E-state index in [-0.39, 0.29) is 29.6 Å². The Morgan fingerprint density at radius 3 is 2.32 bits per heavy atom. The van der Waals surface area contributed by atoms with Gasteiger partial charge in [0.2, 0.25) is 15.9 Å². The number of carbonyl (C=O) groups is 1. The summed E-state index contributed by atoms with van der Waals surface area (Å²) < 4.78 is 27.9. The SMILES string of the molecule is CCCN(CC(=O)N(CCc1c[nH]c2ccccc12)Cc1ccccc1)S(=O)(=O)c1ccc([N+](=O)[O-])cc1. The van der Waals surface area contributed by atoms with Crippen LogP contribution >= 0.6 is 0 Å². The number of benzene rings is 3. The Kier molecular flexibility index (Phi) is 8.55. The van der Waals surface area contributed by atoms with Gasteiger partial charge < -0.3 is 9.88 Å². The fourth-order valence-electron chi connectivity index (χ4n) is 4.36. The van der Waals surface area contributed by atoms with Crippen molar-refractivity contribution < 1.29 is 18.1 Å². The highest BCUT2D eigenvalue weighted by molar-refractivity contribution is 7.89. The summed E-state index contributed by atoms with van der Waals surface area (Å²) in [7, 11) is -4.04. The molecule has 38 heavy (non-hydrogen) atoms. The monoisotopic (exact) mass is 534 g/mol. The highest BCUT2D eigenvalue weighted by Crippen LogP contribution is 2.22. The van der Waals surface area contributed by atoms with Crippen molar-refractivity contribution in [3.8, 4) is 0 Å². The van der Waals surface area contributed by atoms with Crippen molar-refractivity contribution in [1.29, 1.82) is 0 Å². The maximum atomic E-state index is 13.6. The van der Waals surface area contributed by atoms with E-state index in [1.54, 1.807) is 4.90 Å². The summed E-state index contributed by atoms with van der Waals surface area (Å²) in [6.07, 6.45) is 3.05. The number of hydrogen-bond donors (Lipinski definition) is 1. The lowest BCUT2D eigenvalue weighted by Gasteiger charge is -2.27. The number of amides is 1. The van der Waals surface area contributed by atoms with Crippen LogP contribution in [-0.2, 0) is 27.8 Å². The quantitative estimate of drug-likeness (QED) is 0.208. The van der Waals surface area contributed by atoms with Crippen LogP contribution < -0.4 is 0 Å². The zero-order valence-corrected chi connectivity index (χ0v) is 21.9. The Morgan fingerprint density at radius 1 is 0.947 bits per heavy atom. The van der Waals surface area contributed by atoms with E-state index in [0.717, 1.165) is 38.5 Å². The molecule has 0 atom stereocenters. The standard InChI is InChI=1S/C28H30N4O5S/c1-2-17-31(38(36,37)25-14-12-24(13-15-25)32(34)35)21-28(33)30(20-22-8-4-3-5-9-22)18-16-23-19-29-27-11-7-6-10-26(23)27/h3-15,19,29H,2,16-18,20-21H2,1H3. The molecule has 0 fully saturated rings. The number of para-hydroxylation sites is 1. The molecule has 1 amide bonds. The first kappa shape index (κ1) is 27.0. The molecule has 10 heteroatoms. The number of hydrogen-bond acceptors (Lipinski definition) is 5. The van der Waals surface area contributed by atoms with Crippen molar-refractivity contribution in [2.45, 2.75) is 31.2 Å². The number of nitrogens with zero attached hydrogens (tertiary/aromatic N) is 3. The number of aromatic nitrogens is 1. The molecule has 0 saturated heterocycles. The summed E-state index contributed by atoms with van der Waals surface area (Å²) in [5, 5.41) is 12.1. The van der Waals surface area contributed by atoms with Crippen LogP contribution in [0.15, 0.2) is 90.0 Å². The zero-order chi connectivity index (χ0) is 27.1. The second-order valence-electron chi connectivity index (χ2n) is 9.00. The molecule has 0 spiro atoms. The number of fused-ring (bicyclic) bond motifs is 1. The van der Waals surface area contributed by atoms with E-state index in [1.807, 2.05) is 67.7 Å². The fourth-order valence-corrected chi connectivity index (χ4v) is 5.84. The minimum atomic E-state index is -4.04. The molecule has 0 radical (unpaired) electrons. The van der Waals surface area contributed by atoms with Crippen LogP contribution in [-0.4, -0.2) is 53.1 Å². The van der Waals surface area contributed by atoms with Gasteiger partial charge in [-0.05, 0) is 42.2 Å². The molecule has 3 aromatic carbocycles. The molecule has 0 bridgehead atoms. The minimum absolute atomic E-state index is 0.0854. The second-order valence-corrected chi connectivity index (χ2v) is 10.9. The molecule has 1 heterocycles. The van der Waals surface area contributed by atoms with Crippen LogP contribution in [0.4, 0.5) is 5.69 Å². The molecular formula is C28H30N4O5S. The van der Waals surface area contributed by atoms with Crippen molar-refractivity contribution in [1.82, 2.24) is 14.2 Å². The number of H-pyrrole nitrogens is 1. The molecule has 0 saturated carbocycles. The van der Waals surface area contributed by atoms with Gasteiger partial charge in [-0.15, -0.1) is 0 Å². The molecule has 4 rings (SSSR count). The van der Waals surface area contributed by atoms with Gasteiger partial charge in [-0.25, -0.2) is 8.42 Å². The van der Waals surface area contributed by atoms with E-state index in [9.17, 15) is 23.3 Å². The van der Waals surface area contributed by atoms with Crippen molar-refractivity contribution >= 4 is 32.5 Å². The lowest BCUT2D eigenvalue weighted by atomic mass is 10.1. The molecular weight excluding hydrogens is 504 g/mol. The third kappa shape index (κ3) is 6.27. The summed E-state index contributed by atoms with van der Waals surface area (Å²) in [5.41, 5.74) is 2.84. The summed E-state index contributed by atoms with van der Waals surface area (Å²) in [6.45, 7) is 2.41. The maximum absolute atomic E-state index is 13.6. The van der Waals surface area contributed by atoms with E-state index < -0.39 is 14.9 Å². The largest absolute Gasteiger partial charge is 0.361 e. The third-order valence-corrected chi connectivity index (χ3v) is 8.22. The van der Waals surface area contributed by atoms with Crippen molar-refractivity contribution in [3.63, 3.8) is 0 Å². The first-order valence-electron chi connectivity index (χ1n) is 12.4. The Hall–Kier alpha value is -4.02. The van der Waals surface area contributed by atoms with Gasteiger partial charge in [-0.2, -0.15) is 4.31 Å². The Labute approximate surface area is 221 Å². The number of nitro groups is 1. The summed E-state index contributed by atoms with van der Waals surface area (Å²) in [5.74, 6) is -0.312. The topological polar surface area (TPSA) is 117 Å². The van der Waals surface area contributed by atoms with Gasteiger partial charge in [0.25, 0.3) is 5.69 Å². The molecule has 0 aliphatic rings. The average Bonchev–Trinajstić information content (AvgIpc) is 3.34. The molecule has 0 unspecified atom stereocenters. The van der Waals surface area contributed by atoms with Crippen LogP contribution in [0.5, 0.6) is 0 Å². The van der Waals surface area contributed by atoms with E-state index in [4.69, 9.17) is 0 Å². The Balaban J connectivity index is 1.56. The van der Waals surface area contributed by atoms with E-state index in [2.05, 4.69) is 4.98 Å². The van der Waals surface area contributed by atoms with Gasteiger partial charge in [0.1, 0.15) is 0 Å². The molecule has 0 aliphatic heterocycles. The first-order chi connectivity index (χ1) is 18.3. The highest BCUT2D eigenvalue weighted by atomic mass is 32.2. The van der Waals surface area contributed by atoms with E-state index in [0.29, 0.717) is 25.9 Å². The predicted octanol–water partition coefficient (Wildman–Crippen LogP) is 4.75. The molecule has 4 aromatic rings. The van der Waals surface area contributed by atoms with Crippen molar-refractivity contribution in [3.05, 3.63) is 106 Å². The number of nitrogens with one attached hydrogen (secondary N) is 1. The van der Waals surface area contributed by atoms with Gasteiger partial charge >= 0.3 is 0 Å². The number of sulfonamides is 1. The smallest absolute Gasteiger partial charge is 0.269 e. The van der Waals surface area contributed by atoms with Crippen molar-refractivity contribution in [2.75, 3.05) is 19.6 Å². The summed E-state index contributed by atoms with van der Waals surface area (Å²) in [6, 6.07) is 22.3. The number of rotatable bonds is 12. The van der Waals surface area contributed by atoms with Crippen LogP contribution in [0.3, 0.4) is 0 Å². The number of aromatic amines is 1. The van der Waals surface area contributed by atoms with Crippen LogP contribution in [0, 0.1) is 10.1 Å². The lowest BCUT2D eigenvalue weighted by Crippen LogP contribution is -2.43. The van der Waals surface area contributed by atoms with Gasteiger partial charge in [-0.1, -0.05) is 55.5 Å². The third-order valence-electron chi connectivity index (χ3n) is 6.36. The van der Waals surface area contributed by atoms with E-state index >= 15 is 0 Å². The van der Waals surface area contributed by atoms with Crippen LogP contribution in [0.25, 0.3) is 10.9 Å². The first-order valence-corrected chi connectivity index (χ1v) is 13.8. The van der Waals surface area contributed by atoms with Gasteiger partial charge in [0, 0.05) is 48.9 Å². The Bertz CT molecular complexity index is 1500. The number of non-ortho nitro benzene ring substituents is 1. The van der Waals surface area contributed by atoms with Gasteiger partial charge in [0.15, 0.2) is 0 Å². The zero-order valence-electron chi connectivity index (χ0n) is 21.1. The second kappa shape index (κ2) is 12.0. The summed E-state index contributed by atoms with van der Waals surface area (Å²) in [4.78, 5) is 28.9. The molecule has 9 nitrogen and oxygen atoms in total. The van der Waals surface area contributed by atoms with Gasteiger partial charge in [-0.3, -0.25) is 14.9 Å².